The third-order valence-electron chi connectivity index (χ3n) is 29.4. The second kappa shape index (κ2) is 42.9. The summed E-state index contributed by atoms with van der Waals surface area (Å²) in [7, 11) is 1.29. The standard InChI is InChI=1S/C44H64.C40H54.C26H34ClN6O2P/c1-8-36-29-40(38-22-19-34(20-23-38)26-33(4)37-14-11-12-31(2)16-21-37)25-24-39(36)27-35-18-17-32(3)42(28-35)30-41-13-9-10-15-43(41)44(5,6)7;1-7-31-26-36(34-20-18-33(19-21-34)32-16-12-28(2)13-17-32)23-22-35(31)24-30-15-14-29(3)38(25-30)27-37-10-8-9-11-39(37)40(4,5)6;1-5-36(34,6-2)24-10-8-7-9-22(24)29-25-20(27)18-28-26(31-25)30-21-12-11-19(17-23(21)35-4)33-15-13-32(3)14-16-33/h9-10,13,15,17,24-25,28-29,31,33-35,37-38H,8,11-12,14,16,18-23,26-27,30H2,1-7H3;8-11,14-15,22-23,25-26,28,32-34H,7,12-13,16-21,24,27H2,1-6H3;7-12,17-18H,5-6,13-16H2,1-4H3,(H2,28,29,30,31). The number of ether oxygens (including phenoxy) is 1. The van der Waals surface area contributed by atoms with Crippen molar-refractivity contribution in [3.8, 4) is 5.75 Å². The zero-order valence-electron chi connectivity index (χ0n) is 77.2. The number of para-hydroxylation sites is 1. The number of nitrogens with one attached hydrogen (secondary N) is 2. The summed E-state index contributed by atoms with van der Waals surface area (Å²) >= 11 is 6.44. The molecule has 2 N–H and O–H groups in total. The van der Waals surface area contributed by atoms with Gasteiger partial charge in [0.15, 0.2) is 5.82 Å². The highest BCUT2D eigenvalue weighted by molar-refractivity contribution is 7.71. The van der Waals surface area contributed by atoms with Gasteiger partial charge in [0, 0.05) is 55.6 Å². The number of rotatable bonds is 25. The molecule has 4 atom stereocenters. The summed E-state index contributed by atoms with van der Waals surface area (Å²) in [6, 6.07) is 54.2. The van der Waals surface area contributed by atoms with Gasteiger partial charge >= 0.3 is 0 Å². The number of hydrogen-bond acceptors (Lipinski definition) is 8. The number of methoxy groups -OCH3 is 1. The van der Waals surface area contributed by atoms with Crippen molar-refractivity contribution in [1.29, 1.82) is 0 Å². The van der Waals surface area contributed by atoms with Crippen molar-refractivity contribution in [2.75, 3.05) is 68.2 Å². The molecule has 10 heteroatoms. The molecule has 5 aliphatic carbocycles. The Kier molecular flexibility index (Phi) is 32.9. The van der Waals surface area contributed by atoms with Crippen LogP contribution in [0.5, 0.6) is 5.75 Å². The molecule has 0 spiro atoms. The maximum Gasteiger partial charge on any atom is 0.229 e. The average molecular weight is 1660 g/mol. The number of benzene rings is 7. The summed E-state index contributed by atoms with van der Waals surface area (Å²) < 4.78 is 19.1. The Bertz CT molecular complexity index is 4730. The first-order valence-electron chi connectivity index (χ1n) is 47.4. The van der Waals surface area contributed by atoms with E-state index in [4.69, 9.17) is 16.3 Å². The normalized spacial score (nSPS) is 22.3. The highest BCUT2D eigenvalue weighted by atomic mass is 35.5. The van der Waals surface area contributed by atoms with Crippen LogP contribution in [0.15, 0.2) is 175 Å². The van der Waals surface area contributed by atoms with Crippen LogP contribution in [0.1, 0.15) is 303 Å². The van der Waals surface area contributed by atoms with Gasteiger partial charge in [-0.05, 0) is 315 Å². The fourth-order valence-corrected chi connectivity index (χ4v) is 23.6. The van der Waals surface area contributed by atoms with Crippen LogP contribution >= 0.6 is 18.7 Å². The minimum absolute atomic E-state index is 0.160. The van der Waals surface area contributed by atoms with Crippen molar-refractivity contribution in [2.45, 2.75) is 287 Å². The SMILES string of the molecule is CCP(=O)(CC)c1ccccc1Nc1nc(Nc2ccc(N3CCN(C)CC3)cc2OC)ncc1Cl.CCc1cc(C2CCC(C3CCC(C)CC3)CC2)ccc1Cc1ccc(C)c(Cc2ccccc2C(C)(C)C)c1.CCc1cc(C2CCC(CC(C)C3CCCC(C)CC3)CC2)ccc1CC1C=C(Cc2ccccc2C(C)(C)C)C(C)=CC1. The highest BCUT2D eigenvalue weighted by Crippen LogP contribution is 2.49. The van der Waals surface area contributed by atoms with E-state index in [2.05, 4.69) is 249 Å². The molecule has 120 heavy (non-hydrogen) atoms. The molecule has 7 aromatic carbocycles. The van der Waals surface area contributed by atoms with Gasteiger partial charge in [0.05, 0.1) is 24.7 Å². The maximum absolute atomic E-state index is 13.4. The minimum Gasteiger partial charge on any atom is -0.494 e. The molecule has 5 fully saturated rings. The molecule has 6 aliphatic rings. The lowest BCUT2D eigenvalue weighted by Gasteiger charge is -2.37. The number of allylic oxidation sites excluding steroid dienone is 4. The molecule has 2 heterocycles. The summed E-state index contributed by atoms with van der Waals surface area (Å²) in [4.78, 5) is 13.6. The Morgan fingerprint density at radius 3 is 1.78 bits per heavy atom. The van der Waals surface area contributed by atoms with E-state index in [-0.39, 0.29) is 10.8 Å². The van der Waals surface area contributed by atoms with Gasteiger partial charge in [-0.15, -0.1) is 0 Å². The maximum atomic E-state index is 13.4. The molecule has 8 nitrogen and oxygen atoms in total. The van der Waals surface area contributed by atoms with Crippen LogP contribution in [0.25, 0.3) is 0 Å². The van der Waals surface area contributed by atoms with Crippen molar-refractivity contribution in [3.63, 3.8) is 0 Å². The third kappa shape index (κ3) is 24.6. The smallest absolute Gasteiger partial charge is 0.229 e. The van der Waals surface area contributed by atoms with Crippen LogP contribution < -0.4 is 25.6 Å². The van der Waals surface area contributed by atoms with Gasteiger partial charge in [-0.2, -0.15) is 4.98 Å². The topological polar surface area (TPSA) is 82.6 Å². The van der Waals surface area contributed by atoms with E-state index < -0.39 is 7.14 Å². The summed E-state index contributed by atoms with van der Waals surface area (Å²) in [6.07, 6.45) is 41.8. The minimum atomic E-state index is -2.51. The number of piperazine rings is 1. The van der Waals surface area contributed by atoms with E-state index in [0.29, 0.717) is 40.8 Å². The molecule has 0 bridgehead atoms. The fraction of sp³-hybridized carbons (Fsp3) is 0.545. The average Bonchev–Trinajstić information content (AvgIpc) is 1.59. The molecule has 14 rings (SSSR count). The predicted octanol–water partition coefficient (Wildman–Crippen LogP) is 29.3. The van der Waals surface area contributed by atoms with Crippen LogP contribution in [0.4, 0.5) is 28.8 Å². The van der Waals surface area contributed by atoms with Crippen LogP contribution in [-0.2, 0) is 53.9 Å². The van der Waals surface area contributed by atoms with Gasteiger partial charge in [0.2, 0.25) is 5.95 Å². The lowest BCUT2D eigenvalue weighted by molar-refractivity contribution is 0.165. The molecule has 1 aliphatic heterocycles. The largest absolute Gasteiger partial charge is 0.494 e. The van der Waals surface area contributed by atoms with Crippen molar-refractivity contribution >= 4 is 52.9 Å². The Morgan fingerprint density at radius 1 is 0.567 bits per heavy atom. The Morgan fingerprint density at radius 2 is 1.15 bits per heavy atom. The van der Waals surface area contributed by atoms with Gasteiger partial charge in [-0.1, -0.05) is 273 Å². The van der Waals surface area contributed by atoms with Gasteiger partial charge in [0.25, 0.3) is 0 Å². The molecule has 0 radical (unpaired) electrons. The fourth-order valence-electron chi connectivity index (χ4n) is 21.4. The van der Waals surface area contributed by atoms with E-state index in [1.807, 2.05) is 50.2 Å². The molecular formula is C110H152ClN6O2P. The number of halogens is 1. The second-order valence-electron chi connectivity index (χ2n) is 39.9. The molecule has 646 valence electrons. The van der Waals surface area contributed by atoms with Gasteiger partial charge in [-0.3, -0.25) is 0 Å². The van der Waals surface area contributed by atoms with Crippen molar-refractivity contribution in [1.82, 2.24) is 14.9 Å². The van der Waals surface area contributed by atoms with Gasteiger partial charge < -0.3 is 29.7 Å². The zero-order valence-corrected chi connectivity index (χ0v) is 78.9. The summed E-state index contributed by atoms with van der Waals surface area (Å²) in [5.74, 6) is 10.5. The summed E-state index contributed by atoms with van der Waals surface area (Å²) in [6.45, 7) is 38.8. The number of nitrogens with zero attached hydrogens (tertiary/aromatic N) is 4. The van der Waals surface area contributed by atoms with Crippen molar-refractivity contribution in [2.24, 2.45) is 47.3 Å². The van der Waals surface area contributed by atoms with Crippen molar-refractivity contribution in [3.05, 3.63) is 252 Å². The third-order valence-corrected chi connectivity index (χ3v) is 32.9. The van der Waals surface area contributed by atoms with Gasteiger partial charge in [0.1, 0.15) is 17.9 Å². The first-order valence-corrected chi connectivity index (χ1v) is 49.9. The first kappa shape index (κ1) is 92.0. The van der Waals surface area contributed by atoms with Crippen LogP contribution in [-0.4, -0.2) is 67.5 Å². The lowest BCUT2D eigenvalue weighted by atomic mass is 9.68. The van der Waals surface area contributed by atoms with E-state index in [1.54, 1.807) is 41.1 Å². The Hall–Kier alpha value is -7.22. The summed E-state index contributed by atoms with van der Waals surface area (Å²) in [5.41, 5.74) is 25.7. The Balaban J connectivity index is 0.000000166. The number of aromatic nitrogens is 2. The molecule has 4 saturated carbocycles. The molecule has 4 unspecified atom stereocenters. The highest BCUT2D eigenvalue weighted by Gasteiger charge is 2.33. The van der Waals surface area contributed by atoms with Gasteiger partial charge in [-0.25, -0.2) is 4.98 Å². The molecule has 0 amide bonds. The number of likely N-dealkylation sites (N-methyl/N-ethyl adjacent to an activating group) is 1. The number of hydrogen-bond donors (Lipinski definition) is 2. The number of anilines is 5. The number of aryl methyl sites for hydroxylation is 3. The Labute approximate surface area is 733 Å². The first-order chi connectivity index (χ1) is 57.7. The molecule has 8 aromatic rings. The second-order valence-corrected chi connectivity index (χ2v) is 43.9. The van der Waals surface area contributed by atoms with E-state index in [0.717, 1.165) is 134 Å². The molecule has 1 aromatic heterocycles. The quantitative estimate of drug-likeness (QED) is 0.0433. The monoisotopic (exact) mass is 1660 g/mol. The van der Waals surface area contributed by atoms with Crippen LogP contribution in [0.3, 0.4) is 0 Å². The van der Waals surface area contributed by atoms with E-state index in [1.165, 1.54) is 184 Å². The van der Waals surface area contributed by atoms with Crippen LogP contribution in [0, 0.1) is 54.3 Å². The molecule has 1 saturated heterocycles. The predicted molar refractivity (Wildman–Crippen MR) is 517 cm³/mol. The zero-order chi connectivity index (χ0) is 85.3. The van der Waals surface area contributed by atoms with E-state index in [9.17, 15) is 4.57 Å². The lowest BCUT2D eigenvalue weighted by Crippen LogP contribution is -2.44. The van der Waals surface area contributed by atoms with Crippen LogP contribution in [0.2, 0.25) is 5.02 Å². The van der Waals surface area contributed by atoms with Crippen molar-refractivity contribution < 1.29 is 9.30 Å². The molecular weight excluding hydrogens is 1500 g/mol. The van der Waals surface area contributed by atoms with E-state index >= 15 is 0 Å². The summed E-state index contributed by atoms with van der Waals surface area (Å²) in [5, 5.41) is 7.72.